The summed E-state index contributed by atoms with van der Waals surface area (Å²) in [5.74, 6) is -0.736. The lowest BCUT2D eigenvalue weighted by molar-refractivity contribution is 0.164. The predicted molar refractivity (Wildman–Crippen MR) is 123 cm³/mol. The molecule has 0 bridgehead atoms. The molecule has 0 amide bonds. The molecule has 3 aromatic rings. The smallest absolute Gasteiger partial charge is 0.240 e. The fraction of sp³-hybridized carbons (Fsp3) is 0.304. The molecule has 5 nitrogen and oxygen atoms in total. The Hall–Kier alpha value is -2.33. The maximum atomic E-state index is 13.2. The Morgan fingerprint density at radius 1 is 0.906 bits per heavy atom. The van der Waals surface area contributed by atoms with Crippen molar-refractivity contribution in [2.24, 2.45) is 0 Å². The fourth-order valence-electron chi connectivity index (χ4n) is 4.10. The molecule has 2 atom stereocenters. The van der Waals surface area contributed by atoms with Crippen LogP contribution in [-0.4, -0.2) is 45.5 Å². The van der Waals surface area contributed by atoms with Crippen LogP contribution in [0.4, 0.5) is 14.5 Å². The zero-order chi connectivity index (χ0) is 22.7. The van der Waals surface area contributed by atoms with Crippen molar-refractivity contribution in [3.63, 3.8) is 0 Å². The highest BCUT2D eigenvalue weighted by molar-refractivity contribution is 7.89. The molecule has 4 rings (SSSR count). The molecule has 9 heteroatoms. The second-order valence-corrected chi connectivity index (χ2v) is 10.5. The molecule has 0 spiro atoms. The number of thiophene rings is 1. The molecule has 1 aromatic heterocycles. The standard InChI is InChI=1S/C23H25F2N3O2S2/c1-17(26-32(29,30)21-10-6-19(25)7-11-21)23(22-3-2-16-31-22)28-14-12-27(13-15-28)20-8-4-18(24)5-9-20/h2-11,16-17,23,26H,12-15H2,1H3/t17-,23+/m1/s1. The lowest BCUT2D eigenvalue weighted by Crippen LogP contribution is -2.52. The minimum atomic E-state index is -3.79. The van der Waals surface area contributed by atoms with Crippen LogP contribution < -0.4 is 9.62 Å². The molecule has 2 heterocycles. The van der Waals surface area contributed by atoms with Crippen LogP contribution in [0.5, 0.6) is 0 Å². The summed E-state index contributed by atoms with van der Waals surface area (Å²) in [5, 5.41) is 1.98. The van der Waals surface area contributed by atoms with Gasteiger partial charge in [0.15, 0.2) is 0 Å². The summed E-state index contributed by atoms with van der Waals surface area (Å²) in [6, 6.07) is 14.7. The van der Waals surface area contributed by atoms with E-state index in [0.29, 0.717) is 0 Å². The van der Waals surface area contributed by atoms with Crippen molar-refractivity contribution in [1.82, 2.24) is 9.62 Å². The van der Waals surface area contributed by atoms with Crippen molar-refractivity contribution in [2.75, 3.05) is 31.1 Å². The van der Waals surface area contributed by atoms with Crippen LogP contribution in [0, 0.1) is 11.6 Å². The highest BCUT2D eigenvalue weighted by Gasteiger charge is 2.32. The molecule has 32 heavy (non-hydrogen) atoms. The monoisotopic (exact) mass is 477 g/mol. The second kappa shape index (κ2) is 9.66. The van der Waals surface area contributed by atoms with E-state index >= 15 is 0 Å². The van der Waals surface area contributed by atoms with Crippen molar-refractivity contribution < 1.29 is 17.2 Å². The van der Waals surface area contributed by atoms with Gasteiger partial charge in [-0.2, -0.15) is 0 Å². The average Bonchev–Trinajstić information content (AvgIpc) is 3.29. The van der Waals surface area contributed by atoms with E-state index in [2.05, 4.69) is 14.5 Å². The zero-order valence-electron chi connectivity index (χ0n) is 17.6. The van der Waals surface area contributed by atoms with E-state index in [-0.39, 0.29) is 16.8 Å². The van der Waals surface area contributed by atoms with E-state index in [4.69, 9.17) is 0 Å². The Morgan fingerprint density at radius 3 is 2.06 bits per heavy atom. The lowest BCUT2D eigenvalue weighted by atomic mass is 10.1. The van der Waals surface area contributed by atoms with Crippen molar-refractivity contribution in [3.05, 3.63) is 82.6 Å². The van der Waals surface area contributed by atoms with Gasteiger partial charge in [-0.1, -0.05) is 6.07 Å². The molecule has 0 aliphatic carbocycles. The number of sulfonamides is 1. The van der Waals surface area contributed by atoms with Crippen LogP contribution in [-0.2, 0) is 10.0 Å². The summed E-state index contributed by atoms with van der Waals surface area (Å²) in [6.45, 7) is 4.85. The summed E-state index contributed by atoms with van der Waals surface area (Å²) in [4.78, 5) is 5.60. The Balaban J connectivity index is 1.49. The van der Waals surface area contributed by atoms with Crippen molar-refractivity contribution >= 4 is 27.0 Å². The maximum Gasteiger partial charge on any atom is 0.240 e. The second-order valence-electron chi connectivity index (χ2n) is 7.82. The first-order chi connectivity index (χ1) is 15.3. The van der Waals surface area contributed by atoms with Crippen molar-refractivity contribution in [1.29, 1.82) is 0 Å². The Labute approximate surface area is 191 Å². The molecule has 1 aliphatic heterocycles. The van der Waals surface area contributed by atoms with Crippen molar-refractivity contribution in [2.45, 2.75) is 23.9 Å². The minimum Gasteiger partial charge on any atom is -0.369 e. The van der Waals surface area contributed by atoms with Crippen LogP contribution in [0.2, 0.25) is 0 Å². The number of piperazine rings is 1. The van der Waals surface area contributed by atoms with Crippen LogP contribution in [0.25, 0.3) is 0 Å². The SMILES string of the molecule is C[C@@H](NS(=O)(=O)c1ccc(F)cc1)[C@@H](c1cccs1)N1CCN(c2ccc(F)cc2)CC1. The Morgan fingerprint density at radius 2 is 1.50 bits per heavy atom. The van der Waals surface area contributed by atoms with E-state index < -0.39 is 21.9 Å². The molecule has 2 aromatic carbocycles. The van der Waals surface area contributed by atoms with Crippen LogP contribution in [0.1, 0.15) is 17.8 Å². The number of hydrogen-bond acceptors (Lipinski definition) is 5. The van der Waals surface area contributed by atoms with Gasteiger partial charge in [-0.25, -0.2) is 21.9 Å². The summed E-state index contributed by atoms with van der Waals surface area (Å²) < 4.78 is 55.0. The van der Waals surface area contributed by atoms with Crippen LogP contribution in [0.15, 0.2) is 70.9 Å². The first-order valence-corrected chi connectivity index (χ1v) is 12.8. The molecule has 0 saturated carbocycles. The molecule has 0 unspecified atom stereocenters. The maximum absolute atomic E-state index is 13.2. The molecular weight excluding hydrogens is 452 g/mol. The predicted octanol–water partition coefficient (Wildman–Crippen LogP) is 4.26. The van der Waals surface area contributed by atoms with E-state index in [0.717, 1.165) is 48.9 Å². The van der Waals surface area contributed by atoms with Gasteiger partial charge in [0, 0.05) is 42.8 Å². The van der Waals surface area contributed by atoms with Gasteiger partial charge in [-0.15, -0.1) is 11.3 Å². The summed E-state index contributed by atoms with van der Waals surface area (Å²) in [6.07, 6.45) is 0. The van der Waals surface area contributed by atoms with Gasteiger partial charge in [-0.05, 0) is 66.9 Å². The summed E-state index contributed by atoms with van der Waals surface area (Å²) in [7, 11) is -3.79. The summed E-state index contributed by atoms with van der Waals surface area (Å²) in [5.41, 5.74) is 0.976. The highest BCUT2D eigenvalue weighted by atomic mass is 32.2. The van der Waals surface area contributed by atoms with Gasteiger partial charge in [0.05, 0.1) is 10.9 Å². The lowest BCUT2D eigenvalue weighted by Gasteiger charge is -2.42. The van der Waals surface area contributed by atoms with Crippen LogP contribution >= 0.6 is 11.3 Å². The number of anilines is 1. The van der Waals surface area contributed by atoms with Gasteiger partial charge >= 0.3 is 0 Å². The van der Waals surface area contributed by atoms with Crippen molar-refractivity contribution in [3.8, 4) is 0 Å². The van der Waals surface area contributed by atoms with Gasteiger partial charge < -0.3 is 4.90 Å². The van der Waals surface area contributed by atoms with E-state index in [1.807, 2.05) is 24.4 Å². The third-order valence-electron chi connectivity index (χ3n) is 5.67. The normalized spacial score (nSPS) is 17.3. The quantitative estimate of drug-likeness (QED) is 0.553. The van der Waals surface area contributed by atoms with E-state index in [9.17, 15) is 17.2 Å². The number of benzene rings is 2. The summed E-state index contributed by atoms with van der Waals surface area (Å²) >= 11 is 1.59. The fourth-order valence-corrected chi connectivity index (χ4v) is 6.32. The molecule has 1 N–H and O–H groups in total. The van der Waals surface area contributed by atoms with Gasteiger partial charge in [0.1, 0.15) is 11.6 Å². The Bertz CT molecular complexity index is 1110. The molecule has 170 valence electrons. The zero-order valence-corrected chi connectivity index (χ0v) is 19.3. The number of nitrogens with one attached hydrogen (secondary N) is 1. The number of rotatable bonds is 7. The number of nitrogens with zero attached hydrogens (tertiary/aromatic N) is 2. The first kappa shape index (κ1) is 22.8. The van der Waals surface area contributed by atoms with E-state index in [1.165, 1.54) is 24.3 Å². The highest BCUT2D eigenvalue weighted by Crippen LogP contribution is 2.31. The average molecular weight is 478 g/mol. The first-order valence-electron chi connectivity index (χ1n) is 10.4. The van der Waals surface area contributed by atoms with Gasteiger partial charge in [0.25, 0.3) is 0 Å². The van der Waals surface area contributed by atoms with Gasteiger partial charge in [0.2, 0.25) is 10.0 Å². The number of hydrogen-bond donors (Lipinski definition) is 1. The van der Waals surface area contributed by atoms with Crippen LogP contribution in [0.3, 0.4) is 0 Å². The molecule has 0 radical (unpaired) electrons. The Kier molecular flexibility index (Phi) is 6.90. The number of halogens is 2. The third kappa shape index (κ3) is 5.17. The molecule has 1 saturated heterocycles. The molecule has 1 aliphatic rings. The minimum absolute atomic E-state index is 0.0387. The third-order valence-corrected chi connectivity index (χ3v) is 8.19. The topological polar surface area (TPSA) is 52.7 Å². The molecule has 1 fully saturated rings. The molecular formula is C23H25F2N3O2S2. The van der Waals surface area contributed by atoms with E-state index in [1.54, 1.807) is 23.5 Å². The largest absolute Gasteiger partial charge is 0.369 e. The van der Waals surface area contributed by atoms with Gasteiger partial charge in [-0.3, -0.25) is 4.90 Å².